The van der Waals surface area contributed by atoms with Crippen LogP contribution >= 0.6 is 0 Å². The van der Waals surface area contributed by atoms with Crippen LogP contribution in [0.3, 0.4) is 0 Å². The molecule has 0 rings (SSSR count). The van der Waals surface area contributed by atoms with Gasteiger partial charge in [0, 0.05) is 6.04 Å². The van der Waals surface area contributed by atoms with E-state index in [9.17, 15) is 0 Å². The normalized spacial score (nSPS) is 14.8. The van der Waals surface area contributed by atoms with Crippen LogP contribution in [0.2, 0.25) is 0 Å². The molecule has 0 radical (unpaired) electrons. The van der Waals surface area contributed by atoms with E-state index < -0.39 is 0 Å². The minimum Gasteiger partial charge on any atom is -0.307 e. The summed E-state index contributed by atoms with van der Waals surface area (Å²) in [6, 6.07) is 0.740. The molecule has 0 saturated carbocycles. The van der Waals surface area contributed by atoms with Gasteiger partial charge in [0.05, 0.1) is 0 Å². The summed E-state index contributed by atoms with van der Waals surface area (Å²) < 4.78 is 0. The molecule has 2 unspecified atom stereocenters. The van der Waals surface area contributed by atoms with Gasteiger partial charge in [-0.15, -0.1) is 0 Å². The van der Waals surface area contributed by atoms with Crippen LogP contribution in [0.5, 0.6) is 0 Å². The monoisotopic (exact) mass is 187 g/mol. The average molecular weight is 187 g/mol. The lowest BCUT2D eigenvalue weighted by atomic mass is 10.00. The van der Waals surface area contributed by atoms with Gasteiger partial charge in [0.25, 0.3) is 0 Å². The summed E-state index contributed by atoms with van der Waals surface area (Å²) >= 11 is 0. The van der Waals surface area contributed by atoms with Gasteiger partial charge >= 0.3 is 0 Å². The van der Waals surface area contributed by atoms with Crippen LogP contribution in [-0.4, -0.2) is 25.0 Å². The topological polar surface area (TPSA) is 3.24 Å². The fourth-order valence-corrected chi connectivity index (χ4v) is 0.988. The lowest BCUT2D eigenvalue weighted by Crippen LogP contribution is -2.24. The summed E-state index contributed by atoms with van der Waals surface area (Å²) in [4.78, 5) is 2.29. The average Bonchev–Trinajstić information content (AvgIpc) is 2.16. The van der Waals surface area contributed by atoms with E-state index in [2.05, 4.69) is 39.8 Å². The molecule has 0 amide bonds. The zero-order chi connectivity index (χ0) is 10.9. The molecule has 0 heterocycles. The van der Waals surface area contributed by atoms with Crippen LogP contribution in [0.15, 0.2) is 0 Å². The highest BCUT2D eigenvalue weighted by Gasteiger charge is 2.06. The summed E-state index contributed by atoms with van der Waals surface area (Å²) in [6.07, 6.45) is 4.03. The third-order valence-electron chi connectivity index (χ3n) is 2.66. The zero-order valence-corrected chi connectivity index (χ0v) is 10.7. The van der Waals surface area contributed by atoms with Crippen molar-refractivity contribution in [2.75, 3.05) is 14.1 Å². The molecule has 82 valence electrons. The lowest BCUT2D eigenvalue weighted by Gasteiger charge is -2.20. The molecular weight excluding hydrogens is 158 g/mol. The fourth-order valence-electron chi connectivity index (χ4n) is 0.988. The van der Waals surface area contributed by atoms with Gasteiger partial charge in [-0.2, -0.15) is 0 Å². The van der Waals surface area contributed by atoms with Crippen molar-refractivity contribution in [3.8, 4) is 0 Å². The number of nitrogens with zero attached hydrogens (tertiary/aromatic N) is 1. The van der Waals surface area contributed by atoms with Gasteiger partial charge in [-0.05, 0) is 39.8 Å². The Balaban J connectivity index is 0. The van der Waals surface area contributed by atoms with Gasteiger partial charge in [-0.3, -0.25) is 0 Å². The summed E-state index contributed by atoms with van der Waals surface area (Å²) in [6.45, 7) is 10.9. The molecule has 0 bridgehead atoms. The Morgan fingerprint density at radius 2 is 1.46 bits per heavy atom. The minimum atomic E-state index is 0.740. The molecule has 0 spiro atoms. The van der Waals surface area contributed by atoms with Gasteiger partial charge in [0.15, 0.2) is 0 Å². The first-order valence-corrected chi connectivity index (χ1v) is 5.74. The molecule has 0 fully saturated rings. The van der Waals surface area contributed by atoms with Gasteiger partial charge in [0.2, 0.25) is 0 Å². The molecule has 1 heteroatoms. The smallest absolute Gasteiger partial charge is 0.00609 e. The van der Waals surface area contributed by atoms with Crippen LogP contribution in [-0.2, 0) is 0 Å². The van der Waals surface area contributed by atoms with Crippen molar-refractivity contribution in [2.24, 2.45) is 5.92 Å². The minimum absolute atomic E-state index is 0.740. The summed E-state index contributed by atoms with van der Waals surface area (Å²) in [5.74, 6) is 0.900. The second-order valence-electron chi connectivity index (χ2n) is 3.90. The van der Waals surface area contributed by atoms with E-state index in [0.29, 0.717) is 0 Å². The molecule has 0 aromatic rings. The molecule has 0 N–H and O–H groups in total. The quantitative estimate of drug-likeness (QED) is 0.633. The van der Waals surface area contributed by atoms with Crippen molar-refractivity contribution in [3.63, 3.8) is 0 Å². The highest BCUT2D eigenvalue weighted by molar-refractivity contribution is 4.61. The molecule has 0 aliphatic carbocycles. The van der Waals surface area contributed by atoms with E-state index in [4.69, 9.17) is 0 Å². The van der Waals surface area contributed by atoms with E-state index in [-0.39, 0.29) is 0 Å². The molecule has 13 heavy (non-hydrogen) atoms. The molecule has 1 nitrogen and oxygen atoms in total. The van der Waals surface area contributed by atoms with Crippen LogP contribution in [0.25, 0.3) is 0 Å². The molecule has 0 aliphatic heterocycles. The number of rotatable bonds is 5. The van der Waals surface area contributed by atoms with Crippen molar-refractivity contribution >= 4 is 0 Å². The Kier molecular flexibility index (Phi) is 11.9. The summed E-state index contributed by atoms with van der Waals surface area (Å²) in [5, 5.41) is 0. The number of hydrogen-bond donors (Lipinski definition) is 0. The van der Waals surface area contributed by atoms with Crippen LogP contribution < -0.4 is 0 Å². The Bertz CT molecular complexity index is 89.1. The van der Waals surface area contributed by atoms with Crippen LogP contribution in [0.1, 0.15) is 53.9 Å². The van der Waals surface area contributed by atoms with Crippen molar-refractivity contribution in [2.45, 2.75) is 59.9 Å². The highest BCUT2D eigenvalue weighted by Crippen LogP contribution is 2.12. The summed E-state index contributed by atoms with van der Waals surface area (Å²) in [7, 11) is 4.31. The van der Waals surface area contributed by atoms with Gasteiger partial charge in [-0.25, -0.2) is 0 Å². The second kappa shape index (κ2) is 10.0. The highest BCUT2D eigenvalue weighted by atomic mass is 15.1. The van der Waals surface area contributed by atoms with E-state index in [1.807, 2.05) is 13.8 Å². The Morgan fingerprint density at radius 1 is 1.00 bits per heavy atom. The van der Waals surface area contributed by atoms with E-state index in [0.717, 1.165) is 12.0 Å². The molecule has 2 atom stereocenters. The third-order valence-corrected chi connectivity index (χ3v) is 2.66. The van der Waals surface area contributed by atoms with E-state index >= 15 is 0 Å². The molecule has 0 saturated heterocycles. The standard InChI is InChI=1S/C10H23N.C2H6/c1-6-9(2)7-8-10(3)11(4)5;1-2/h9-10H,6-8H2,1-5H3;1-2H3. The molecule has 0 aliphatic rings. The first-order valence-electron chi connectivity index (χ1n) is 5.74. The van der Waals surface area contributed by atoms with Gasteiger partial charge in [-0.1, -0.05) is 34.1 Å². The second-order valence-corrected chi connectivity index (χ2v) is 3.90. The SMILES string of the molecule is CC.CCC(C)CCC(C)N(C)C. The predicted molar refractivity (Wildman–Crippen MR) is 63.2 cm³/mol. The van der Waals surface area contributed by atoms with Gasteiger partial charge < -0.3 is 4.90 Å². The Morgan fingerprint density at radius 3 is 1.77 bits per heavy atom. The Hall–Kier alpha value is -0.0400. The van der Waals surface area contributed by atoms with Crippen LogP contribution in [0.4, 0.5) is 0 Å². The van der Waals surface area contributed by atoms with Crippen LogP contribution in [0, 0.1) is 5.92 Å². The van der Waals surface area contributed by atoms with Crippen molar-refractivity contribution in [3.05, 3.63) is 0 Å². The summed E-state index contributed by atoms with van der Waals surface area (Å²) in [5.41, 5.74) is 0. The Labute approximate surface area is 85.5 Å². The van der Waals surface area contributed by atoms with Crippen molar-refractivity contribution in [1.82, 2.24) is 4.90 Å². The zero-order valence-electron chi connectivity index (χ0n) is 10.7. The maximum atomic E-state index is 2.34. The number of hydrogen-bond acceptors (Lipinski definition) is 1. The molecular formula is C12H29N. The fraction of sp³-hybridized carbons (Fsp3) is 1.00. The van der Waals surface area contributed by atoms with E-state index in [1.54, 1.807) is 0 Å². The molecule has 0 aromatic carbocycles. The maximum Gasteiger partial charge on any atom is 0.00609 e. The van der Waals surface area contributed by atoms with E-state index in [1.165, 1.54) is 19.3 Å². The largest absolute Gasteiger partial charge is 0.307 e. The predicted octanol–water partition coefficient (Wildman–Crippen LogP) is 3.79. The lowest BCUT2D eigenvalue weighted by molar-refractivity contribution is 0.279. The van der Waals surface area contributed by atoms with Crippen molar-refractivity contribution < 1.29 is 0 Å². The van der Waals surface area contributed by atoms with Gasteiger partial charge in [0.1, 0.15) is 0 Å². The first-order chi connectivity index (χ1) is 6.07. The van der Waals surface area contributed by atoms with Crippen molar-refractivity contribution in [1.29, 1.82) is 0 Å². The maximum absolute atomic E-state index is 2.34. The third kappa shape index (κ3) is 9.88. The molecule has 0 aromatic heterocycles. The first kappa shape index (κ1) is 15.4.